The molecule has 0 saturated heterocycles. The number of aliphatic carboxylic acids is 1. The van der Waals surface area contributed by atoms with Crippen molar-refractivity contribution in [1.29, 1.82) is 0 Å². The van der Waals surface area contributed by atoms with E-state index in [-0.39, 0.29) is 17.6 Å². The van der Waals surface area contributed by atoms with Crippen LogP contribution in [0.5, 0.6) is 0 Å². The Morgan fingerprint density at radius 3 is 2.50 bits per heavy atom. The highest BCUT2D eigenvalue weighted by Gasteiger charge is 2.13. The van der Waals surface area contributed by atoms with E-state index in [4.69, 9.17) is 5.11 Å². The van der Waals surface area contributed by atoms with E-state index in [2.05, 4.69) is 12.2 Å². The molecule has 110 valence electrons. The first-order valence-electron chi connectivity index (χ1n) is 6.78. The number of rotatable bonds is 8. The number of carbonyl (C=O) groups excluding carboxylic acids is 1. The molecule has 0 bridgehead atoms. The van der Waals surface area contributed by atoms with Crippen LogP contribution in [0.3, 0.4) is 0 Å². The SMILES string of the molecule is CCCCNC(=O)C(C)Sc1ccc(CC(=O)O)cc1. The first kappa shape index (κ1) is 16.6. The van der Waals surface area contributed by atoms with Crippen LogP contribution in [0.2, 0.25) is 0 Å². The summed E-state index contributed by atoms with van der Waals surface area (Å²) in [7, 11) is 0. The van der Waals surface area contributed by atoms with E-state index in [0.29, 0.717) is 0 Å². The second kappa shape index (κ2) is 8.64. The van der Waals surface area contributed by atoms with Gasteiger partial charge in [-0.05, 0) is 31.0 Å². The fourth-order valence-corrected chi connectivity index (χ4v) is 2.54. The van der Waals surface area contributed by atoms with E-state index in [1.165, 1.54) is 11.8 Å². The number of benzene rings is 1. The number of unbranched alkanes of at least 4 members (excludes halogenated alkanes) is 1. The van der Waals surface area contributed by atoms with Gasteiger partial charge in [-0.2, -0.15) is 0 Å². The Balaban J connectivity index is 2.47. The summed E-state index contributed by atoms with van der Waals surface area (Å²) in [6.45, 7) is 4.68. The maximum Gasteiger partial charge on any atom is 0.307 e. The van der Waals surface area contributed by atoms with Crippen molar-refractivity contribution in [2.75, 3.05) is 6.54 Å². The van der Waals surface area contributed by atoms with Crippen LogP contribution in [0.4, 0.5) is 0 Å². The summed E-state index contributed by atoms with van der Waals surface area (Å²) in [6.07, 6.45) is 2.08. The molecule has 4 nitrogen and oxygen atoms in total. The average molecular weight is 295 g/mol. The highest BCUT2D eigenvalue weighted by atomic mass is 32.2. The largest absolute Gasteiger partial charge is 0.481 e. The Morgan fingerprint density at radius 2 is 1.95 bits per heavy atom. The standard InChI is InChI=1S/C15H21NO3S/c1-3-4-9-16-15(19)11(2)20-13-7-5-12(6-8-13)10-14(17)18/h5-8,11H,3-4,9-10H2,1-2H3,(H,16,19)(H,17,18). The minimum Gasteiger partial charge on any atom is -0.481 e. The molecule has 0 aliphatic heterocycles. The van der Waals surface area contributed by atoms with Crippen LogP contribution in [-0.4, -0.2) is 28.8 Å². The third kappa shape index (κ3) is 6.10. The first-order valence-corrected chi connectivity index (χ1v) is 7.66. The maximum absolute atomic E-state index is 11.8. The van der Waals surface area contributed by atoms with Crippen LogP contribution < -0.4 is 5.32 Å². The minimum atomic E-state index is -0.839. The Hall–Kier alpha value is -1.49. The molecule has 20 heavy (non-hydrogen) atoms. The van der Waals surface area contributed by atoms with Gasteiger partial charge < -0.3 is 10.4 Å². The molecular weight excluding hydrogens is 274 g/mol. The van der Waals surface area contributed by atoms with Gasteiger partial charge in [-0.25, -0.2) is 0 Å². The summed E-state index contributed by atoms with van der Waals surface area (Å²) in [5.41, 5.74) is 0.766. The van der Waals surface area contributed by atoms with E-state index in [1.54, 1.807) is 12.1 Å². The molecule has 1 aromatic rings. The van der Waals surface area contributed by atoms with Gasteiger partial charge in [0, 0.05) is 11.4 Å². The molecule has 0 aromatic heterocycles. The van der Waals surface area contributed by atoms with Crippen molar-refractivity contribution in [3.63, 3.8) is 0 Å². The number of hydrogen-bond acceptors (Lipinski definition) is 3. The van der Waals surface area contributed by atoms with Gasteiger partial charge in [-0.3, -0.25) is 9.59 Å². The van der Waals surface area contributed by atoms with E-state index < -0.39 is 5.97 Å². The van der Waals surface area contributed by atoms with Gasteiger partial charge >= 0.3 is 5.97 Å². The number of carbonyl (C=O) groups is 2. The molecule has 0 aliphatic carbocycles. The number of carboxylic acid groups (broad SMARTS) is 1. The average Bonchev–Trinajstić information content (AvgIpc) is 2.40. The van der Waals surface area contributed by atoms with Gasteiger partial charge in [0.05, 0.1) is 11.7 Å². The quantitative estimate of drug-likeness (QED) is 0.571. The Labute approximate surface area is 124 Å². The van der Waals surface area contributed by atoms with Gasteiger partial charge in [0.15, 0.2) is 0 Å². The van der Waals surface area contributed by atoms with Crippen LogP contribution in [0, 0.1) is 0 Å². The highest BCUT2D eigenvalue weighted by Crippen LogP contribution is 2.23. The topological polar surface area (TPSA) is 66.4 Å². The van der Waals surface area contributed by atoms with Gasteiger partial charge in [0.1, 0.15) is 0 Å². The monoisotopic (exact) mass is 295 g/mol. The zero-order valence-electron chi connectivity index (χ0n) is 11.9. The second-order valence-corrected chi connectivity index (χ2v) is 6.03. The molecule has 0 fully saturated rings. The number of hydrogen-bond donors (Lipinski definition) is 2. The molecule has 1 rings (SSSR count). The number of carboxylic acids is 1. The van der Waals surface area contributed by atoms with Crippen LogP contribution in [0.25, 0.3) is 0 Å². The number of amides is 1. The lowest BCUT2D eigenvalue weighted by atomic mass is 10.2. The second-order valence-electron chi connectivity index (χ2n) is 4.62. The van der Waals surface area contributed by atoms with Gasteiger partial charge in [-0.1, -0.05) is 25.5 Å². The molecule has 2 N–H and O–H groups in total. The van der Waals surface area contributed by atoms with Gasteiger partial charge in [0.2, 0.25) is 5.91 Å². The zero-order chi connectivity index (χ0) is 15.0. The molecular formula is C15H21NO3S. The molecule has 0 aliphatic rings. The molecule has 1 amide bonds. The predicted octanol–water partition coefficient (Wildman–Crippen LogP) is 2.71. The lowest BCUT2D eigenvalue weighted by Crippen LogP contribution is -2.31. The lowest BCUT2D eigenvalue weighted by molar-refractivity contribution is -0.136. The molecule has 0 radical (unpaired) electrons. The van der Waals surface area contributed by atoms with Crippen molar-refractivity contribution in [3.8, 4) is 0 Å². The smallest absolute Gasteiger partial charge is 0.307 e. The zero-order valence-corrected chi connectivity index (χ0v) is 12.7. The highest BCUT2D eigenvalue weighted by molar-refractivity contribution is 8.00. The van der Waals surface area contributed by atoms with Crippen LogP contribution in [-0.2, 0) is 16.0 Å². The lowest BCUT2D eigenvalue weighted by Gasteiger charge is -2.12. The van der Waals surface area contributed by atoms with Crippen molar-refractivity contribution < 1.29 is 14.7 Å². The third-order valence-corrected chi connectivity index (χ3v) is 3.90. The van der Waals surface area contributed by atoms with E-state index in [0.717, 1.165) is 29.8 Å². The van der Waals surface area contributed by atoms with Crippen molar-refractivity contribution in [2.45, 2.75) is 43.3 Å². The minimum absolute atomic E-state index is 0.0258. The normalized spacial score (nSPS) is 11.9. The maximum atomic E-state index is 11.8. The van der Waals surface area contributed by atoms with Crippen molar-refractivity contribution in [3.05, 3.63) is 29.8 Å². The molecule has 1 unspecified atom stereocenters. The van der Waals surface area contributed by atoms with Crippen LogP contribution in [0.15, 0.2) is 29.2 Å². The summed E-state index contributed by atoms with van der Waals surface area (Å²) >= 11 is 1.48. The Morgan fingerprint density at radius 1 is 1.30 bits per heavy atom. The van der Waals surface area contributed by atoms with Crippen molar-refractivity contribution in [1.82, 2.24) is 5.32 Å². The van der Waals surface area contributed by atoms with Crippen LogP contribution >= 0.6 is 11.8 Å². The fourth-order valence-electron chi connectivity index (χ4n) is 1.65. The van der Waals surface area contributed by atoms with Crippen LogP contribution in [0.1, 0.15) is 32.3 Å². The molecule has 1 aromatic carbocycles. The van der Waals surface area contributed by atoms with Crippen molar-refractivity contribution >= 4 is 23.6 Å². The predicted molar refractivity (Wildman–Crippen MR) is 81.0 cm³/mol. The Kier molecular flexibility index (Phi) is 7.15. The van der Waals surface area contributed by atoms with E-state index in [1.807, 2.05) is 19.1 Å². The first-order chi connectivity index (χ1) is 9.52. The molecule has 0 spiro atoms. The Bertz CT molecular complexity index is 445. The van der Waals surface area contributed by atoms with E-state index in [9.17, 15) is 9.59 Å². The summed E-state index contributed by atoms with van der Waals surface area (Å²) in [4.78, 5) is 23.4. The molecule has 0 saturated carbocycles. The van der Waals surface area contributed by atoms with Crippen molar-refractivity contribution in [2.24, 2.45) is 0 Å². The number of thioether (sulfide) groups is 1. The summed E-state index contributed by atoms with van der Waals surface area (Å²) < 4.78 is 0. The third-order valence-electron chi connectivity index (χ3n) is 2.79. The molecule has 1 atom stereocenters. The number of nitrogens with one attached hydrogen (secondary N) is 1. The summed E-state index contributed by atoms with van der Waals surface area (Å²) in [5.74, 6) is -0.799. The summed E-state index contributed by atoms with van der Waals surface area (Å²) in [6, 6.07) is 7.30. The summed E-state index contributed by atoms with van der Waals surface area (Å²) in [5, 5.41) is 11.4. The van der Waals surface area contributed by atoms with Gasteiger partial charge in [-0.15, -0.1) is 11.8 Å². The molecule has 0 heterocycles. The van der Waals surface area contributed by atoms with Gasteiger partial charge in [0.25, 0.3) is 0 Å². The molecule has 5 heteroatoms. The fraction of sp³-hybridized carbons (Fsp3) is 0.467. The van der Waals surface area contributed by atoms with E-state index >= 15 is 0 Å².